The molecule has 0 radical (unpaired) electrons. The van der Waals surface area contributed by atoms with Crippen molar-refractivity contribution < 1.29 is 24.0 Å². The third-order valence-corrected chi connectivity index (χ3v) is 9.86. The second kappa shape index (κ2) is 11.2. The zero-order chi connectivity index (χ0) is 29.7. The van der Waals surface area contributed by atoms with Gasteiger partial charge in [-0.1, -0.05) is 12.8 Å². The number of anilines is 1. The van der Waals surface area contributed by atoms with E-state index in [0.29, 0.717) is 23.1 Å². The molecule has 10 nitrogen and oxygen atoms in total. The van der Waals surface area contributed by atoms with Gasteiger partial charge in [0.05, 0.1) is 11.1 Å². The molecule has 7 rings (SSSR count). The van der Waals surface area contributed by atoms with E-state index in [1.807, 2.05) is 24.3 Å². The monoisotopic (exact) mass is 583 g/mol. The standard InChI is InChI=1S/C33H37N5O5/c39-29-10-9-28(31(41)35-29)38-32(42)26-15-22-18-36(19-23(22)16-27(26)33(38)43)17-20-11-13-37(14-12-20)25-7-5-21(6-8-25)30(40)34-24-3-1-2-4-24/h5-8,15-16,20,24,28H,1-4,9-14,17-19H2,(H,34,40)(H,35,39,41). The van der Waals surface area contributed by atoms with Crippen LogP contribution in [0.4, 0.5) is 5.69 Å². The molecule has 0 spiro atoms. The number of carbonyl (C=O) groups excluding carboxylic acids is 5. The fraction of sp³-hybridized carbons (Fsp3) is 0.485. The van der Waals surface area contributed by atoms with Crippen LogP contribution in [-0.4, -0.2) is 71.1 Å². The Morgan fingerprint density at radius 3 is 2.07 bits per heavy atom. The first-order valence-corrected chi connectivity index (χ1v) is 15.6. The summed E-state index contributed by atoms with van der Waals surface area (Å²) in [5, 5.41) is 5.40. The number of benzene rings is 2. The molecule has 1 atom stereocenters. The Morgan fingerprint density at radius 1 is 0.837 bits per heavy atom. The number of rotatable bonds is 6. The zero-order valence-corrected chi connectivity index (χ0v) is 24.3. The van der Waals surface area contributed by atoms with E-state index < -0.39 is 23.8 Å². The molecule has 43 heavy (non-hydrogen) atoms. The van der Waals surface area contributed by atoms with Crippen LogP contribution in [0.5, 0.6) is 0 Å². The molecule has 2 aromatic carbocycles. The number of amides is 5. The molecule has 4 heterocycles. The fourth-order valence-corrected chi connectivity index (χ4v) is 7.47. The number of nitrogens with zero attached hydrogens (tertiary/aromatic N) is 3. The molecule has 1 aliphatic carbocycles. The summed E-state index contributed by atoms with van der Waals surface area (Å²) in [6, 6.07) is 11.0. The number of fused-ring (bicyclic) bond motifs is 2. The summed E-state index contributed by atoms with van der Waals surface area (Å²) >= 11 is 0. The Balaban J connectivity index is 0.923. The van der Waals surface area contributed by atoms with Gasteiger partial charge in [-0.15, -0.1) is 0 Å². The van der Waals surface area contributed by atoms with Crippen LogP contribution in [-0.2, 0) is 22.7 Å². The third kappa shape index (κ3) is 5.33. The average molecular weight is 584 g/mol. The predicted molar refractivity (Wildman–Crippen MR) is 158 cm³/mol. The SMILES string of the molecule is O=C1CCC(N2C(=O)c3cc4c(cc3C2=O)CN(CC2CCN(c3ccc(C(=O)NC5CCCC5)cc3)CC2)C4)C(=O)N1. The molecule has 1 unspecified atom stereocenters. The van der Waals surface area contributed by atoms with Crippen molar-refractivity contribution in [2.24, 2.45) is 5.92 Å². The molecule has 2 aromatic rings. The summed E-state index contributed by atoms with van der Waals surface area (Å²) in [4.78, 5) is 68.7. The maximum absolute atomic E-state index is 13.2. The molecule has 4 aliphatic heterocycles. The molecule has 5 amide bonds. The van der Waals surface area contributed by atoms with E-state index in [2.05, 4.69) is 32.6 Å². The van der Waals surface area contributed by atoms with Crippen LogP contribution in [0.3, 0.4) is 0 Å². The lowest BCUT2D eigenvalue weighted by Crippen LogP contribution is -2.54. The Morgan fingerprint density at radius 2 is 1.47 bits per heavy atom. The Bertz CT molecular complexity index is 1440. The van der Waals surface area contributed by atoms with Crippen molar-refractivity contribution in [1.82, 2.24) is 20.4 Å². The molecule has 0 aromatic heterocycles. The lowest BCUT2D eigenvalue weighted by atomic mass is 9.95. The number of carbonyl (C=O) groups is 5. The largest absolute Gasteiger partial charge is 0.372 e. The van der Waals surface area contributed by atoms with Crippen molar-refractivity contribution in [3.8, 4) is 0 Å². The van der Waals surface area contributed by atoms with Gasteiger partial charge in [-0.3, -0.25) is 39.1 Å². The second-order valence-electron chi connectivity index (χ2n) is 12.7. The normalized spacial score (nSPS) is 23.1. The van der Waals surface area contributed by atoms with Crippen molar-refractivity contribution >= 4 is 35.2 Å². The summed E-state index contributed by atoms with van der Waals surface area (Å²) in [6.07, 6.45) is 6.97. The molecule has 1 saturated carbocycles. The number of hydrogen-bond acceptors (Lipinski definition) is 7. The van der Waals surface area contributed by atoms with Gasteiger partial charge in [-0.05, 0) is 85.5 Å². The van der Waals surface area contributed by atoms with E-state index in [1.54, 1.807) is 0 Å². The minimum absolute atomic E-state index is 0.0226. The van der Waals surface area contributed by atoms with Gasteiger partial charge in [0.1, 0.15) is 6.04 Å². The highest BCUT2D eigenvalue weighted by Crippen LogP contribution is 2.34. The van der Waals surface area contributed by atoms with E-state index in [-0.39, 0.29) is 24.7 Å². The topological polar surface area (TPSA) is 119 Å². The van der Waals surface area contributed by atoms with Crippen molar-refractivity contribution in [2.75, 3.05) is 24.5 Å². The first-order valence-electron chi connectivity index (χ1n) is 15.6. The molecule has 5 aliphatic rings. The van der Waals surface area contributed by atoms with Crippen LogP contribution in [0.15, 0.2) is 36.4 Å². The van der Waals surface area contributed by atoms with Gasteiger partial charge in [-0.2, -0.15) is 0 Å². The van der Waals surface area contributed by atoms with Gasteiger partial charge >= 0.3 is 0 Å². The van der Waals surface area contributed by atoms with Crippen molar-refractivity contribution in [1.29, 1.82) is 0 Å². The maximum Gasteiger partial charge on any atom is 0.262 e. The van der Waals surface area contributed by atoms with E-state index in [9.17, 15) is 24.0 Å². The molecule has 2 N–H and O–H groups in total. The van der Waals surface area contributed by atoms with Crippen LogP contribution >= 0.6 is 0 Å². The minimum Gasteiger partial charge on any atom is -0.372 e. The summed E-state index contributed by atoms with van der Waals surface area (Å²) in [6.45, 7) is 4.34. The van der Waals surface area contributed by atoms with Gasteiger partial charge in [0.15, 0.2) is 0 Å². The number of hydrogen-bond donors (Lipinski definition) is 2. The highest BCUT2D eigenvalue weighted by atomic mass is 16.2. The first kappa shape index (κ1) is 27.8. The molecule has 3 fully saturated rings. The number of piperidine rings is 2. The average Bonchev–Trinajstić information content (AvgIpc) is 3.72. The van der Waals surface area contributed by atoms with Gasteiger partial charge in [0.2, 0.25) is 11.8 Å². The summed E-state index contributed by atoms with van der Waals surface area (Å²) in [5.41, 5.74) is 4.69. The summed E-state index contributed by atoms with van der Waals surface area (Å²) in [5.74, 6) is -1.29. The Hall–Kier alpha value is -4.05. The summed E-state index contributed by atoms with van der Waals surface area (Å²) < 4.78 is 0. The molecule has 2 saturated heterocycles. The highest BCUT2D eigenvalue weighted by Gasteiger charge is 2.45. The van der Waals surface area contributed by atoms with Crippen LogP contribution in [0, 0.1) is 5.92 Å². The lowest BCUT2D eigenvalue weighted by Gasteiger charge is -2.35. The van der Waals surface area contributed by atoms with E-state index >= 15 is 0 Å². The Labute approximate surface area is 250 Å². The highest BCUT2D eigenvalue weighted by molar-refractivity contribution is 6.23. The fourth-order valence-electron chi connectivity index (χ4n) is 7.47. The van der Waals surface area contributed by atoms with Crippen LogP contribution in [0.25, 0.3) is 0 Å². The summed E-state index contributed by atoms with van der Waals surface area (Å²) in [7, 11) is 0. The van der Waals surface area contributed by atoms with Crippen LogP contribution in [0.1, 0.15) is 93.6 Å². The predicted octanol–water partition coefficient (Wildman–Crippen LogP) is 2.99. The van der Waals surface area contributed by atoms with E-state index in [1.165, 1.54) is 12.8 Å². The van der Waals surface area contributed by atoms with Gasteiger partial charge in [0, 0.05) is 56.4 Å². The number of imide groups is 2. The lowest BCUT2D eigenvalue weighted by molar-refractivity contribution is -0.136. The molecule has 10 heteroatoms. The maximum atomic E-state index is 13.2. The van der Waals surface area contributed by atoms with E-state index in [4.69, 9.17) is 0 Å². The van der Waals surface area contributed by atoms with Crippen molar-refractivity contribution in [3.05, 3.63) is 64.2 Å². The van der Waals surface area contributed by atoms with Gasteiger partial charge in [-0.25, -0.2) is 0 Å². The van der Waals surface area contributed by atoms with Crippen LogP contribution < -0.4 is 15.5 Å². The molecular weight excluding hydrogens is 546 g/mol. The van der Waals surface area contributed by atoms with Gasteiger partial charge < -0.3 is 10.2 Å². The molecule has 224 valence electrons. The van der Waals surface area contributed by atoms with E-state index in [0.717, 1.165) is 85.7 Å². The molecular formula is C33H37N5O5. The molecule has 0 bridgehead atoms. The van der Waals surface area contributed by atoms with Gasteiger partial charge in [0.25, 0.3) is 17.7 Å². The first-order chi connectivity index (χ1) is 20.8. The number of nitrogens with one attached hydrogen (secondary N) is 2. The van der Waals surface area contributed by atoms with Crippen molar-refractivity contribution in [3.63, 3.8) is 0 Å². The second-order valence-corrected chi connectivity index (χ2v) is 12.7. The zero-order valence-electron chi connectivity index (χ0n) is 24.3. The smallest absolute Gasteiger partial charge is 0.262 e. The minimum atomic E-state index is -0.943. The van der Waals surface area contributed by atoms with Crippen LogP contribution in [0.2, 0.25) is 0 Å². The Kier molecular flexibility index (Phi) is 7.25. The quantitative estimate of drug-likeness (QED) is 0.502. The van der Waals surface area contributed by atoms with Crippen molar-refractivity contribution in [2.45, 2.75) is 76.5 Å². The third-order valence-electron chi connectivity index (χ3n) is 9.86.